The number of halogens is 2. The molecule has 0 spiro atoms. The first kappa shape index (κ1) is 14.2. The Kier molecular flexibility index (Phi) is 4.15. The maximum Gasteiger partial charge on any atom is 0.338 e. The molecule has 5 heteroatoms. The summed E-state index contributed by atoms with van der Waals surface area (Å²) >= 11 is 5.86. The van der Waals surface area contributed by atoms with Crippen molar-refractivity contribution in [2.75, 3.05) is 7.11 Å². The van der Waals surface area contributed by atoms with Crippen LogP contribution in [0.4, 0.5) is 4.39 Å². The summed E-state index contributed by atoms with van der Waals surface area (Å²) < 4.78 is 17.6. The first-order valence-electron chi connectivity index (χ1n) is 5.71. The normalized spacial score (nSPS) is 10.2. The van der Waals surface area contributed by atoms with E-state index in [1.807, 2.05) is 0 Å². The quantitative estimate of drug-likeness (QED) is 0.642. The number of ketones is 1. The third-order valence-corrected chi connectivity index (χ3v) is 3.07. The van der Waals surface area contributed by atoms with Gasteiger partial charge in [0.15, 0.2) is 5.78 Å². The number of hydrogen-bond donors (Lipinski definition) is 0. The van der Waals surface area contributed by atoms with E-state index in [0.717, 1.165) is 12.1 Å². The third-order valence-electron chi connectivity index (χ3n) is 2.75. The Hall–Kier alpha value is -2.20. The highest BCUT2D eigenvalue weighted by molar-refractivity contribution is 6.35. The number of methoxy groups -OCH3 is 1. The molecule has 2 aromatic rings. The summed E-state index contributed by atoms with van der Waals surface area (Å²) in [6, 6.07) is 9.70. The van der Waals surface area contributed by atoms with Gasteiger partial charge in [-0.2, -0.15) is 0 Å². The lowest BCUT2D eigenvalue weighted by Crippen LogP contribution is -2.11. The van der Waals surface area contributed by atoms with E-state index >= 15 is 0 Å². The zero-order chi connectivity index (χ0) is 14.7. The van der Waals surface area contributed by atoms with Gasteiger partial charge < -0.3 is 4.74 Å². The minimum absolute atomic E-state index is 0.00494. The molecule has 0 radical (unpaired) electrons. The van der Waals surface area contributed by atoms with Crippen LogP contribution in [-0.4, -0.2) is 18.9 Å². The predicted molar refractivity (Wildman–Crippen MR) is 72.6 cm³/mol. The second-order valence-corrected chi connectivity index (χ2v) is 4.40. The molecule has 0 aliphatic carbocycles. The second-order valence-electron chi connectivity index (χ2n) is 3.99. The molecule has 0 heterocycles. The van der Waals surface area contributed by atoms with Crippen LogP contribution in [0.3, 0.4) is 0 Å². The molecule has 20 heavy (non-hydrogen) atoms. The van der Waals surface area contributed by atoms with E-state index in [4.69, 9.17) is 11.6 Å². The van der Waals surface area contributed by atoms with Crippen molar-refractivity contribution < 1.29 is 18.7 Å². The van der Waals surface area contributed by atoms with Crippen molar-refractivity contribution in [3.63, 3.8) is 0 Å². The summed E-state index contributed by atoms with van der Waals surface area (Å²) in [5.41, 5.74) is 0.428. The molecule has 0 aliphatic heterocycles. The van der Waals surface area contributed by atoms with Crippen LogP contribution < -0.4 is 0 Å². The van der Waals surface area contributed by atoms with E-state index in [-0.39, 0.29) is 21.7 Å². The van der Waals surface area contributed by atoms with E-state index in [2.05, 4.69) is 4.74 Å². The van der Waals surface area contributed by atoms with Crippen molar-refractivity contribution in [2.24, 2.45) is 0 Å². The summed E-state index contributed by atoms with van der Waals surface area (Å²) in [5, 5.41) is -0.00494. The largest absolute Gasteiger partial charge is 0.465 e. The Morgan fingerprint density at radius 2 is 1.70 bits per heavy atom. The number of rotatable bonds is 3. The van der Waals surface area contributed by atoms with Crippen molar-refractivity contribution in [1.82, 2.24) is 0 Å². The topological polar surface area (TPSA) is 43.4 Å². The standard InChI is InChI=1S/C15H10ClFO3/c1-20-15(19)11-5-3-2-4-10(11)14(18)12-7-6-9(17)8-13(12)16/h2-8H,1H3. The molecular weight excluding hydrogens is 283 g/mol. The van der Waals surface area contributed by atoms with Gasteiger partial charge in [-0.3, -0.25) is 4.79 Å². The molecule has 0 aliphatic rings. The fourth-order valence-electron chi connectivity index (χ4n) is 1.79. The summed E-state index contributed by atoms with van der Waals surface area (Å²) in [6.45, 7) is 0. The Morgan fingerprint density at radius 1 is 1.05 bits per heavy atom. The summed E-state index contributed by atoms with van der Waals surface area (Å²) in [6.07, 6.45) is 0. The van der Waals surface area contributed by atoms with Gasteiger partial charge in [0.25, 0.3) is 0 Å². The molecule has 0 amide bonds. The molecule has 0 bridgehead atoms. The number of ether oxygens (including phenoxy) is 1. The smallest absolute Gasteiger partial charge is 0.338 e. The van der Waals surface area contributed by atoms with E-state index in [1.54, 1.807) is 12.1 Å². The first-order chi connectivity index (χ1) is 9.54. The number of hydrogen-bond acceptors (Lipinski definition) is 3. The molecular formula is C15H10ClFO3. The van der Waals surface area contributed by atoms with E-state index < -0.39 is 17.6 Å². The highest BCUT2D eigenvalue weighted by Crippen LogP contribution is 2.22. The number of carbonyl (C=O) groups excluding carboxylic acids is 2. The lowest BCUT2D eigenvalue weighted by Gasteiger charge is -2.08. The minimum atomic E-state index is -0.618. The molecule has 0 saturated carbocycles. The average molecular weight is 293 g/mol. The zero-order valence-electron chi connectivity index (χ0n) is 10.5. The van der Waals surface area contributed by atoms with Crippen LogP contribution in [0.25, 0.3) is 0 Å². The van der Waals surface area contributed by atoms with Gasteiger partial charge in [-0.05, 0) is 24.3 Å². The summed E-state index contributed by atoms with van der Waals surface area (Å²) in [7, 11) is 1.23. The van der Waals surface area contributed by atoms with Crippen molar-refractivity contribution in [3.8, 4) is 0 Å². The lowest BCUT2D eigenvalue weighted by atomic mass is 9.98. The van der Waals surface area contributed by atoms with Crippen LogP contribution in [0.5, 0.6) is 0 Å². The van der Waals surface area contributed by atoms with E-state index in [1.165, 1.54) is 25.3 Å². The van der Waals surface area contributed by atoms with Crippen molar-refractivity contribution in [3.05, 3.63) is 70.0 Å². The Balaban J connectivity index is 2.51. The van der Waals surface area contributed by atoms with Gasteiger partial charge in [-0.1, -0.05) is 29.8 Å². The van der Waals surface area contributed by atoms with Crippen LogP contribution in [-0.2, 0) is 4.74 Å². The van der Waals surface area contributed by atoms with Crippen molar-refractivity contribution in [1.29, 1.82) is 0 Å². The monoisotopic (exact) mass is 292 g/mol. The molecule has 0 fully saturated rings. The lowest BCUT2D eigenvalue weighted by molar-refractivity contribution is 0.0597. The maximum absolute atomic E-state index is 13.0. The number of carbonyl (C=O) groups is 2. The van der Waals surface area contributed by atoms with Crippen LogP contribution in [0.2, 0.25) is 5.02 Å². The molecule has 0 aromatic heterocycles. The molecule has 2 rings (SSSR count). The van der Waals surface area contributed by atoms with Gasteiger partial charge in [-0.25, -0.2) is 9.18 Å². The van der Waals surface area contributed by atoms with Gasteiger partial charge >= 0.3 is 5.97 Å². The fraction of sp³-hybridized carbons (Fsp3) is 0.0667. The van der Waals surface area contributed by atoms with Gasteiger partial charge in [0.05, 0.1) is 17.7 Å². The number of benzene rings is 2. The number of esters is 1. The maximum atomic E-state index is 13.0. The van der Waals surface area contributed by atoms with Gasteiger partial charge in [-0.15, -0.1) is 0 Å². The van der Waals surface area contributed by atoms with Gasteiger partial charge in [0, 0.05) is 11.1 Å². The summed E-state index contributed by atoms with van der Waals surface area (Å²) in [5.74, 6) is -1.61. The highest BCUT2D eigenvalue weighted by atomic mass is 35.5. The molecule has 102 valence electrons. The highest BCUT2D eigenvalue weighted by Gasteiger charge is 2.20. The van der Waals surface area contributed by atoms with Crippen LogP contribution in [0.1, 0.15) is 26.3 Å². The molecule has 0 saturated heterocycles. The van der Waals surface area contributed by atoms with E-state index in [0.29, 0.717) is 0 Å². The average Bonchev–Trinajstić information content (AvgIpc) is 2.46. The van der Waals surface area contributed by atoms with Gasteiger partial charge in [0.1, 0.15) is 5.82 Å². The van der Waals surface area contributed by atoms with Crippen molar-refractivity contribution >= 4 is 23.4 Å². The molecule has 0 atom stereocenters. The van der Waals surface area contributed by atoms with Crippen LogP contribution >= 0.6 is 11.6 Å². The Bertz CT molecular complexity index is 683. The first-order valence-corrected chi connectivity index (χ1v) is 6.09. The Labute approximate surface area is 119 Å². The second kappa shape index (κ2) is 5.84. The Morgan fingerprint density at radius 3 is 2.30 bits per heavy atom. The van der Waals surface area contributed by atoms with Crippen molar-refractivity contribution in [2.45, 2.75) is 0 Å². The summed E-state index contributed by atoms with van der Waals surface area (Å²) in [4.78, 5) is 24.0. The fourth-order valence-corrected chi connectivity index (χ4v) is 2.04. The minimum Gasteiger partial charge on any atom is -0.465 e. The van der Waals surface area contributed by atoms with Crippen LogP contribution in [0.15, 0.2) is 42.5 Å². The molecule has 0 N–H and O–H groups in total. The predicted octanol–water partition coefficient (Wildman–Crippen LogP) is 3.50. The molecule has 2 aromatic carbocycles. The molecule has 0 unspecified atom stereocenters. The third kappa shape index (κ3) is 2.70. The van der Waals surface area contributed by atoms with Crippen LogP contribution in [0, 0.1) is 5.82 Å². The van der Waals surface area contributed by atoms with E-state index in [9.17, 15) is 14.0 Å². The molecule has 3 nitrogen and oxygen atoms in total. The zero-order valence-corrected chi connectivity index (χ0v) is 11.3. The van der Waals surface area contributed by atoms with Gasteiger partial charge in [0.2, 0.25) is 0 Å². The SMILES string of the molecule is COC(=O)c1ccccc1C(=O)c1ccc(F)cc1Cl.